The molecule has 118 valence electrons. The summed E-state index contributed by atoms with van der Waals surface area (Å²) in [5.74, 6) is -4.18. The molecular formula is C13H10F5N3O. The van der Waals surface area contributed by atoms with Crippen LogP contribution < -0.4 is 5.32 Å². The Labute approximate surface area is 121 Å². The molecular weight excluding hydrogens is 309 g/mol. The van der Waals surface area contributed by atoms with Crippen LogP contribution in [0.15, 0.2) is 30.6 Å². The number of rotatable bonds is 3. The van der Waals surface area contributed by atoms with E-state index >= 15 is 0 Å². The third-order valence-electron chi connectivity index (χ3n) is 2.86. The molecule has 0 aliphatic rings. The molecule has 0 spiro atoms. The van der Waals surface area contributed by atoms with Crippen molar-refractivity contribution in [3.63, 3.8) is 0 Å². The molecule has 1 aromatic heterocycles. The van der Waals surface area contributed by atoms with Gasteiger partial charge in [0, 0.05) is 18.8 Å². The van der Waals surface area contributed by atoms with E-state index in [1.165, 1.54) is 17.9 Å². The lowest BCUT2D eigenvalue weighted by Gasteiger charge is -2.22. The molecule has 2 aromatic rings. The van der Waals surface area contributed by atoms with Crippen molar-refractivity contribution in [2.45, 2.75) is 12.2 Å². The predicted molar refractivity (Wildman–Crippen MR) is 65.8 cm³/mol. The SMILES string of the molecule is Cn1cc(C(=O)N[C@@H](c2cccc(F)c2F)C(F)(F)F)cn1. The number of carbonyl (C=O) groups excluding carboxylic acids is 1. The van der Waals surface area contributed by atoms with Crippen LogP contribution in [0.2, 0.25) is 0 Å². The summed E-state index contributed by atoms with van der Waals surface area (Å²) in [6.07, 6.45) is -2.73. The van der Waals surface area contributed by atoms with E-state index in [0.29, 0.717) is 6.07 Å². The van der Waals surface area contributed by atoms with Gasteiger partial charge in [0.25, 0.3) is 5.91 Å². The van der Waals surface area contributed by atoms with Crippen LogP contribution in [0.4, 0.5) is 22.0 Å². The second-order valence-corrected chi connectivity index (χ2v) is 4.49. The van der Waals surface area contributed by atoms with E-state index in [2.05, 4.69) is 5.10 Å². The highest BCUT2D eigenvalue weighted by atomic mass is 19.4. The van der Waals surface area contributed by atoms with Gasteiger partial charge in [0.15, 0.2) is 17.7 Å². The summed E-state index contributed by atoms with van der Waals surface area (Å²) in [5, 5.41) is 5.30. The first kappa shape index (κ1) is 15.9. The number of alkyl halides is 3. The molecule has 1 amide bonds. The number of hydrogen-bond acceptors (Lipinski definition) is 2. The summed E-state index contributed by atoms with van der Waals surface area (Å²) in [5.41, 5.74) is -1.13. The maximum Gasteiger partial charge on any atom is 0.412 e. The first-order valence-electron chi connectivity index (χ1n) is 6.00. The highest BCUT2D eigenvalue weighted by Gasteiger charge is 2.43. The molecule has 0 radical (unpaired) electrons. The second kappa shape index (κ2) is 5.74. The molecule has 4 nitrogen and oxygen atoms in total. The molecule has 0 aliphatic carbocycles. The molecule has 0 bridgehead atoms. The largest absolute Gasteiger partial charge is 0.412 e. The summed E-state index contributed by atoms with van der Waals surface area (Å²) < 4.78 is 67.2. The van der Waals surface area contributed by atoms with Gasteiger partial charge in [-0.3, -0.25) is 9.48 Å². The van der Waals surface area contributed by atoms with E-state index in [9.17, 15) is 26.7 Å². The van der Waals surface area contributed by atoms with Gasteiger partial charge < -0.3 is 5.32 Å². The minimum Gasteiger partial charge on any atom is -0.336 e. The number of benzene rings is 1. The molecule has 1 atom stereocenters. The lowest BCUT2D eigenvalue weighted by Crippen LogP contribution is -2.38. The molecule has 0 aliphatic heterocycles. The number of nitrogens with one attached hydrogen (secondary N) is 1. The summed E-state index contributed by atoms with van der Waals surface area (Å²) in [6, 6.07) is -0.284. The van der Waals surface area contributed by atoms with E-state index < -0.39 is 35.3 Å². The van der Waals surface area contributed by atoms with Crippen molar-refractivity contribution in [3.8, 4) is 0 Å². The Bertz CT molecular complexity index is 695. The Balaban J connectivity index is 2.36. The van der Waals surface area contributed by atoms with Gasteiger partial charge in [0.2, 0.25) is 0 Å². The van der Waals surface area contributed by atoms with Crippen molar-refractivity contribution in [2.75, 3.05) is 0 Å². The van der Waals surface area contributed by atoms with Gasteiger partial charge in [0.1, 0.15) is 0 Å². The van der Waals surface area contributed by atoms with Gasteiger partial charge in [-0.2, -0.15) is 18.3 Å². The Morgan fingerprint density at radius 2 is 2.00 bits per heavy atom. The average molecular weight is 319 g/mol. The van der Waals surface area contributed by atoms with Crippen LogP contribution in [0, 0.1) is 11.6 Å². The van der Waals surface area contributed by atoms with Crippen LogP contribution in [-0.2, 0) is 7.05 Å². The molecule has 0 unspecified atom stereocenters. The van der Waals surface area contributed by atoms with E-state index in [1.807, 2.05) is 0 Å². The van der Waals surface area contributed by atoms with Gasteiger partial charge in [-0.1, -0.05) is 12.1 Å². The number of aromatic nitrogens is 2. The number of hydrogen-bond donors (Lipinski definition) is 1. The van der Waals surface area contributed by atoms with Gasteiger partial charge >= 0.3 is 6.18 Å². The highest BCUT2D eigenvalue weighted by molar-refractivity contribution is 5.94. The van der Waals surface area contributed by atoms with Crippen molar-refractivity contribution >= 4 is 5.91 Å². The normalized spacial score (nSPS) is 13.0. The minimum absolute atomic E-state index is 0.131. The van der Waals surface area contributed by atoms with E-state index in [1.54, 1.807) is 5.32 Å². The van der Waals surface area contributed by atoms with Crippen molar-refractivity contribution in [1.29, 1.82) is 0 Å². The maximum absolute atomic E-state index is 13.6. The number of nitrogens with zero attached hydrogens (tertiary/aromatic N) is 2. The van der Waals surface area contributed by atoms with Crippen LogP contribution >= 0.6 is 0 Å². The molecule has 9 heteroatoms. The monoisotopic (exact) mass is 319 g/mol. The lowest BCUT2D eigenvalue weighted by molar-refractivity contribution is -0.155. The fraction of sp³-hybridized carbons (Fsp3) is 0.231. The highest BCUT2D eigenvalue weighted by Crippen LogP contribution is 2.34. The number of amides is 1. The maximum atomic E-state index is 13.6. The zero-order chi connectivity index (χ0) is 16.5. The van der Waals surface area contributed by atoms with E-state index in [4.69, 9.17) is 0 Å². The van der Waals surface area contributed by atoms with Gasteiger partial charge in [-0.15, -0.1) is 0 Å². The Kier molecular flexibility index (Phi) is 4.16. The third-order valence-corrected chi connectivity index (χ3v) is 2.86. The molecule has 0 saturated heterocycles. The zero-order valence-corrected chi connectivity index (χ0v) is 11.2. The van der Waals surface area contributed by atoms with Crippen molar-refractivity contribution in [1.82, 2.24) is 15.1 Å². The number of aryl methyl sites for hydroxylation is 1. The van der Waals surface area contributed by atoms with E-state index in [0.717, 1.165) is 18.3 Å². The first-order chi connectivity index (χ1) is 10.2. The predicted octanol–water partition coefficient (Wildman–Crippen LogP) is 2.73. The molecule has 1 N–H and O–H groups in total. The summed E-state index contributed by atoms with van der Waals surface area (Å²) >= 11 is 0. The van der Waals surface area contributed by atoms with Gasteiger partial charge in [-0.25, -0.2) is 8.78 Å². The fourth-order valence-corrected chi connectivity index (χ4v) is 1.83. The van der Waals surface area contributed by atoms with Gasteiger partial charge in [-0.05, 0) is 6.07 Å². The molecule has 1 heterocycles. The van der Waals surface area contributed by atoms with Crippen LogP contribution in [0.3, 0.4) is 0 Å². The van der Waals surface area contributed by atoms with Crippen LogP contribution in [0.5, 0.6) is 0 Å². The number of carbonyl (C=O) groups is 1. The number of halogens is 5. The standard InChI is InChI=1S/C13H10F5N3O/c1-21-6-7(5-19-21)12(22)20-11(13(16,17)18)8-3-2-4-9(14)10(8)15/h2-6,11H,1H3,(H,20,22)/t11-/m0/s1. The molecule has 2 rings (SSSR count). The van der Waals surface area contributed by atoms with Crippen molar-refractivity contribution in [2.24, 2.45) is 7.05 Å². The fourth-order valence-electron chi connectivity index (χ4n) is 1.83. The van der Waals surface area contributed by atoms with Crippen molar-refractivity contribution in [3.05, 3.63) is 53.4 Å². The smallest absolute Gasteiger partial charge is 0.336 e. The van der Waals surface area contributed by atoms with Crippen LogP contribution in [0.25, 0.3) is 0 Å². The van der Waals surface area contributed by atoms with Crippen LogP contribution in [0.1, 0.15) is 22.0 Å². The van der Waals surface area contributed by atoms with Crippen LogP contribution in [-0.4, -0.2) is 21.9 Å². The summed E-state index contributed by atoms with van der Waals surface area (Å²) in [7, 11) is 1.48. The Morgan fingerprint density at radius 3 is 2.55 bits per heavy atom. The first-order valence-corrected chi connectivity index (χ1v) is 6.00. The van der Waals surface area contributed by atoms with Crippen molar-refractivity contribution < 1.29 is 26.7 Å². The van der Waals surface area contributed by atoms with E-state index in [-0.39, 0.29) is 5.56 Å². The Morgan fingerprint density at radius 1 is 1.32 bits per heavy atom. The Hall–Kier alpha value is -2.45. The quantitative estimate of drug-likeness (QED) is 0.884. The molecule has 0 saturated carbocycles. The lowest BCUT2D eigenvalue weighted by atomic mass is 10.0. The summed E-state index contributed by atoms with van der Waals surface area (Å²) in [4.78, 5) is 11.8. The molecule has 0 fully saturated rings. The topological polar surface area (TPSA) is 46.9 Å². The summed E-state index contributed by atoms with van der Waals surface area (Å²) in [6.45, 7) is 0. The molecule has 22 heavy (non-hydrogen) atoms. The third kappa shape index (κ3) is 3.23. The molecule has 1 aromatic carbocycles. The van der Waals surface area contributed by atoms with Gasteiger partial charge in [0.05, 0.1) is 11.8 Å². The second-order valence-electron chi connectivity index (χ2n) is 4.49. The zero-order valence-electron chi connectivity index (χ0n) is 11.2. The minimum atomic E-state index is -4.99. The average Bonchev–Trinajstić information content (AvgIpc) is 2.85.